The molecule has 0 saturated heterocycles. The van der Waals surface area contributed by atoms with Gasteiger partial charge in [-0.1, -0.05) is 13.3 Å². The van der Waals surface area contributed by atoms with Crippen LogP contribution in [0.25, 0.3) is 10.9 Å². The highest BCUT2D eigenvalue weighted by Crippen LogP contribution is 2.49. The van der Waals surface area contributed by atoms with Gasteiger partial charge in [-0.05, 0) is 18.4 Å². The lowest BCUT2D eigenvalue weighted by Crippen LogP contribution is -2.19. The molecule has 23 heavy (non-hydrogen) atoms. The van der Waals surface area contributed by atoms with Crippen LogP contribution in [0.2, 0.25) is 0 Å². The highest BCUT2D eigenvalue weighted by molar-refractivity contribution is 5.82. The molecule has 3 rings (SSSR count). The number of nitrogens with zero attached hydrogens (tertiary/aromatic N) is 3. The molecule has 1 aliphatic rings. The van der Waals surface area contributed by atoms with Crippen molar-refractivity contribution in [3.05, 3.63) is 23.7 Å². The third kappa shape index (κ3) is 3.13. The van der Waals surface area contributed by atoms with Crippen LogP contribution in [-0.4, -0.2) is 20.9 Å². The second kappa shape index (κ2) is 5.10. The summed E-state index contributed by atoms with van der Waals surface area (Å²) in [7, 11) is 0. The van der Waals surface area contributed by atoms with Crippen molar-refractivity contribution in [2.75, 3.05) is 0 Å². The monoisotopic (exact) mass is 337 g/mol. The Hall–Kier alpha value is -1.80. The molecule has 0 unspecified atom stereocenters. The van der Waals surface area contributed by atoms with Crippen molar-refractivity contribution in [2.45, 2.75) is 44.6 Å². The third-order valence-corrected chi connectivity index (χ3v) is 4.08. The number of aromatic nitrogens is 3. The van der Waals surface area contributed by atoms with E-state index in [1.54, 1.807) is 0 Å². The molecule has 0 spiro atoms. The summed E-state index contributed by atoms with van der Waals surface area (Å²) in [4.78, 5) is 4.02. The van der Waals surface area contributed by atoms with Crippen LogP contribution in [-0.2, 0) is 12.7 Å². The van der Waals surface area contributed by atoms with E-state index in [1.165, 1.54) is 6.07 Å². The molecule has 2 atom stereocenters. The molecule has 3 nitrogen and oxygen atoms in total. The standard InChI is InChI=1S/C14H13F6N3/c1-2-7-3-8(7)10-4-11-9(5-21-10)12(14(18,19)20)22-23(11)6-13(15,16)17/h4-5,7-8H,2-3,6H2,1H3/t7-,8-/m0/s1. The van der Waals surface area contributed by atoms with Crippen LogP contribution in [0.3, 0.4) is 0 Å². The van der Waals surface area contributed by atoms with Crippen molar-refractivity contribution >= 4 is 10.9 Å². The zero-order valence-electron chi connectivity index (χ0n) is 12.0. The van der Waals surface area contributed by atoms with E-state index in [1.807, 2.05) is 6.92 Å². The number of hydrogen-bond donors (Lipinski definition) is 0. The topological polar surface area (TPSA) is 30.7 Å². The van der Waals surface area contributed by atoms with Gasteiger partial charge in [-0.2, -0.15) is 31.4 Å². The van der Waals surface area contributed by atoms with Crippen molar-refractivity contribution in [1.82, 2.24) is 14.8 Å². The Labute approximate surface area is 127 Å². The lowest BCUT2D eigenvalue weighted by atomic mass is 10.1. The van der Waals surface area contributed by atoms with Crippen molar-refractivity contribution in [2.24, 2.45) is 5.92 Å². The minimum Gasteiger partial charge on any atom is -0.260 e. The number of halogens is 6. The van der Waals surface area contributed by atoms with Gasteiger partial charge < -0.3 is 0 Å². The van der Waals surface area contributed by atoms with Gasteiger partial charge in [-0.25, -0.2) is 0 Å². The first-order valence-electron chi connectivity index (χ1n) is 7.10. The maximum Gasteiger partial charge on any atom is 0.435 e. The Morgan fingerprint density at radius 3 is 2.43 bits per heavy atom. The second-order valence-corrected chi connectivity index (χ2v) is 5.76. The lowest BCUT2D eigenvalue weighted by molar-refractivity contribution is -0.148. The minimum atomic E-state index is -4.83. The number of pyridine rings is 1. The normalized spacial score (nSPS) is 21.9. The predicted molar refractivity (Wildman–Crippen MR) is 69.7 cm³/mol. The zero-order valence-corrected chi connectivity index (χ0v) is 12.0. The average Bonchev–Trinajstić information content (AvgIpc) is 3.12. The Morgan fingerprint density at radius 2 is 1.91 bits per heavy atom. The van der Waals surface area contributed by atoms with Crippen molar-refractivity contribution in [1.29, 1.82) is 0 Å². The van der Waals surface area contributed by atoms with Gasteiger partial charge in [-0.15, -0.1) is 0 Å². The largest absolute Gasteiger partial charge is 0.435 e. The molecule has 0 N–H and O–H groups in total. The molecular formula is C14H13F6N3. The summed E-state index contributed by atoms with van der Waals surface area (Å²) in [5.41, 5.74) is -0.985. The Balaban J connectivity index is 2.10. The summed E-state index contributed by atoms with van der Waals surface area (Å²) in [6, 6.07) is 1.31. The lowest BCUT2D eigenvalue weighted by Gasteiger charge is -2.08. The zero-order chi connectivity index (χ0) is 17.0. The summed E-state index contributed by atoms with van der Waals surface area (Å²) in [6.07, 6.45) is -6.74. The van der Waals surface area contributed by atoms with Crippen LogP contribution < -0.4 is 0 Å². The van der Waals surface area contributed by atoms with E-state index < -0.39 is 30.0 Å². The van der Waals surface area contributed by atoms with Crippen LogP contribution in [0, 0.1) is 5.92 Å². The Kier molecular flexibility index (Phi) is 3.57. The van der Waals surface area contributed by atoms with E-state index in [0.717, 1.165) is 19.0 Å². The van der Waals surface area contributed by atoms with Crippen LogP contribution >= 0.6 is 0 Å². The number of rotatable bonds is 3. The van der Waals surface area contributed by atoms with Gasteiger partial charge in [0.05, 0.1) is 10.9 Å². The molecule has 1 aliphatic carbocycles. The average molecular weight is 337 g/mol. The molecule has 126 valence electrons. The molecule has 0 amide bonds. The van der Waals surface area contributed by atoms with Gasteiger partial charge in [0.2, 0.25) is 0 Å². The van der Waals surface area contributed by atoms with Gasteiger partial charge in [0, 0.05) is 17.8 Å². The highest BCUT2D eigenvalue weighted by Gasteiger charge is 2.41. The second-order valence-electron chi connectivity index (χ2n) is 5.76. The fourth-order valence-electron chi connectivity index (χ4n) is 2.85. The first-order chi connectivity index (χ1) is 10.6. The molecule has 2 heterocycles. The van der Waals surface area contributed by atoms with E-state index in [9.17, 15) is 26.3 Å². The summed E-state index contributed by atoms with van der Waals surface area (Å²) in [5.74, 6) is 0.494. The molecule has 9 heteroatoms. The number of fused-ring (bicyclic) bond motifs is 1. The van der Waals surface area contributed by atoms with Gasteiger partial charge >= 0.3 is 12.4 Å². The molecule has 2 aromatic heterocycles. The van der Waals surface area contributed by atoms with Crippen LogP contribution in [0.1, 0.15) is 37.1 Å². The molecule has 0 bridgehead atoms. The van der Waals surface area contributed by atoms with Gasteiger partial charge in [0.1, 0.15) is 6.54 Å². The summed E-state index contributed by atoms with van der Waals surface area (Å²) in [5, 5.41) is 2.73. The predicted octanol–water partition coefficient (Wildman–Crippen LogP) is 4.53. The minimum absolute atomic E-state index is 0.105. The third-order valence-electron chi connectivity index (χ3n) is 4.08. The molecular weight excluding hydrogens is 324 g/mol. The van der Waals surface area contributed by atoms with Crippen molar-refractivity contribution < 1.29 is 26.3 Å². The molecule has 0 aromatic carbocycles. The molecule has 2 aromatic rings. The Bertz CT molecular complexity index is 730. The molecule has 0 radical (unpaired) electrons. The van der Waals surface area contributed by atoms with Gasteiger partial charge in [0.25, 0.3) is 0 Å². The quantitative estimate of drug-likeness (QED) is 0.771. The first kappa shape index (κ1) is 16.1. The molecule has 0 aliphatic heterocycles. The molecule has 1 saturated carbocycles. The summed E-state index contributed by atoms with van der Waals surface area (Å²) < 4.78 is 77.1. The van der Waals surface area contributed by atoms with E-state index in [4.69, 9.17) is 0 Å². The van der Waals surface area contributed by atoms with Crippen LogP contribution in [0.4, 0.5) is 26.3 Å². The number of hydrogen-bond acceptors (Lipinski definition) is 2. The van der Waals surface area contributed by atoms with E-state index in [2.05, 4.69) is 10.1 Å². The van der Waals surface area contributed by atoms with Gasteiger partial charge in [0.15, 0.2) is 5.69 Å². The van der Waals surface area contributed by atoms with Crippen LogP contribution in [0.5, 0.6) is 0 Å². The van der Waals surface area contributed by atoms with E-state index in [-0.39, 0.29) is 11.4 Å². The highest BCUT2D eigenvalue weighted by atomic mass is 19.4. The van der Waals surface area contributed by atoms with E-state index >= 15 is 0 Å². The Morgan fingerprint density at radius 1 is 1.22 bits per heavy atom. The fraction of sp³-hybridized carbons (Fsp3) is 0.571. The van der Waals surface area contributed by atoms with E-state index in [0.29, 0.717) is 16.3 Å². The summed E-state index contributed by atoms with van der Waals surface area (Å²) in [6.45, 7) is 0.420. The summed E-state index contributed by atoms with van der Waals surface area (Å²) >= 11 is 0. The van der Waals surface area contributed by atoms with Crippen LogP contribution in [0.15, 0.2) is 12.3 Å². The first-order valence-corrected chi connectivity index (χ1v) is 7.10. The maximum atomic E-state index is 13.0. The number of alkyl halides is 6. The molecule has 1 fully saturated rings. The smallest absolute Gasteiger partial charge is 0.260 e. The SMILES string of the molecule is CC[C@H]1C[C@@H]1c1cc2c(cn1)c(C(F)(F)F)nn2CC(F)(F)F. The van der Waals surface area contributed by atoms with Crippen molar-refractivity contribution in [3.8, 4) is 0 Å². The van der Waals surface area contributed by atoms with Crippen molar-refractivity contribution in [3.63, 3.8) is 0 Å². The fourth-order valence-corrected chi connectivity index (χ4v) is 2.85. The maximum absolute atomic E-state index is 13.0. The van der Waals surface area contributed by atoms with Gasteiger partial charge in [-0.3, -0.25) is 9.67 Å².